The number of anilines is 1. The number of aromatic nitrogens is 3. The summed E-state index contributed by atoms with van der Waals surface area (Å²) in [6.07, 6.45) is 5.41. The van der Waals surface area contributed by atoms with Crippen molar-refractivity contribution in [3.63, 3.8) is 0 Å². The molecule has 0 atom stereocenters. The minimum absolute atomic E-state index is 0.641. The first-order valence-corrected chi connectivity index (χ1v) is 5.35. The molecule has 16 heavy (non-hydrogen) atoms. The summed E-state index contributed by atoms with van der Waals surface area (Å²) in [6, 6.07) is 4.02. The van der Waals surface area contributed by atoms with Crippen LogP contribution in [-0.4, -0.2) is 14.8 Å². The summed E-state index contributed by atoms with van der Waals surface area (Å²) < 4.78 is 1.89. The number of nitrogens with two attached hydrogens (primary N) is 1. The molecule has 2 rings (SSSR count). The quantitative estimate of drug-likeness (QED) is 0.845. The van der Waals surface area contributed by atoms with Crippen LogP contribution in [0.3, 0.4) is 0 Å². The van der Waals surface area contributed by atoms with Gasteiger partial charge >= 0.3 is 0 Å². The second-order valence-corrected chi connectivity index (χ2v) is 3.94. The molecule has 0 spiro atoms. The molecule has 0 aliphatic carbocycles. The molecule has 0 bridgehead atoms. The normalized spacial score (nSPS) is 10.6. The Labute approximate surface area is 95.1 Å². The fourth-order valence-corrected chi connectivity index (χ4v) is 1.83. The van der Waals surface area contributed by atoms with Crippen molar-refractivity contribution in [3.8, 4) is 0 Å². The molecule has 84 valence electrons. The Morgan fingerprint density at radius 1 is 1.25 bits per heavy atom. The highest BCUT2D eigenvalue weighted by Gasteiger charge is 2.06. The second kappa shape index (κ2) is 4.35. The van der Waals surface area contributed by atoms with Gasteiger partial charge in [-0.3, -0.25) is 4.68 Å². The van der Waals surface area contributed by atoms with E-state index in [0.717, 1.165) is 18.4 Å². The highest BCUT2D eigenvalue weighted by Crippen LogP contribution is 2.16. The Kier molecular flexibility index (Phi) is 2.90. The van der Waals surface area contributed by atoms with E-state index >= 15 is 0 Å². The minimum atomic E-state index is 0.641. The lowest BCUT2D eigenvalue weighted by molar-refractivity contribution is 0.702. The zero-order valence-electron chi connectivity index (χ0n) is 9.64. The van der Waals surface area contributed by atoms with E-state index in [1.165, 1.54) is 11.3 Å². The molecular weight excluding hydrogens is 200 g/mol. The van der Waals surface area contributed by atoms with Crippen LogP contribution in [0.2, 0.25) is 0 Å². The molecule has 4 heteroatoms. The van der Waals surface area contributed by atoms with Gasteiger partial charge < -0.3 is 5.73 Å². The molecule has 0 aliphatic rings. The van der Waals surface area contributed by atoms with Crippen LogP contribution in [0.4, 0.5) is 5.82 Å². The predicted molar refractivity (Wildman–Crippen MR) is 64.0 cm³/mol. The van der Waals surface area contributed by atoms with Gasteiger partial charge in [0.15, 0.2) is 0 Å². The van der Waals surface area contributed by atoms with E-state index < -0.39 is 0 Å². The van der Waals surface area contributed by atoms with Crippen molar-refractivity contribution in [2.45, 2.75) is 19.8 Å². The molecule has 2 heterocycles. The summed E-state index contributed by atoms with van der Waals surface area (Å²) in [5.41, 5.74) is 9.42. The van der Waals surface area contributed by atoms with Crippen molar-refractivity contribution in [3.05, 3.63) is 41.3 Å². The first-order valence-electron chi connectivity index (χ1n) is 5.35. The summed E-state index contributed by atoms with van der Waals surface area (Å²) in [6.45, 7) is 2.07. The van der Waals surface area contributed by atoms with Crippen LogP contribution >= 0.6 is 0 Å². The zero-order chi connectivity index (χ0) is 11.5. The SMILES string of the molecule is Cc1ccnc(N)c1CCc1ccnn1C. The maximum absolute atomic E-state index is 5.87. The van der Waals surface area contributed by atoms with Gasteiger partial charge in [0.1, 0.15) is 5.82 Å². The largest absolute Gasteiger partial charge is 0.383 e. The van der Waals surface area contributed by atoms with E-state index in [0.29, 0.717) is 5.82 Å². The average molecular weight is 216 g/mol. The monoisotopic (exact) mass is 216 g/mol. The van der Waals surface area contributed by atoms with Gasteiger partial charge in [-0.05, 0) is 43.0 Å². The first kappa shape index (κ1) is 10.7. The maximum Gasteiger partial charge on any atom is 0.126 e. The molecule has 0 unspecified atom stereocenters. The highest BCUT2D eigenvalue weighted by atomic mass is 15.2. The van der Waals surface area contributed by atoms with Gasteiger partial charge in [0.2, 0.25) is 0 Å². The smallest absolute Gasteiger partial charge is 0.126 e. The van der Waals surface area contributed by atoms with E-state index in [2.05, 4.69) is 17.0 Å². The molecule has 2 aromatic rings. The molecule has 0 amide bonds. The van der Waals surface area contributed by atoms with Crippen LogP contribution in [0.15, 0.2) is 24.5 Å². The zero-order valence-corrected chi connectivity index (χ0v) is 9.64. The Morgan fingerprint density at radius 3 is 2.69 bits per heavy atom. The van der Waals surface area contributed by atoms with Crippen LogP contribution in [-0.2, 0) is 19.9 Å². The lowest BCUT2D eigenvalue weighted by Crippen LogP contribution is -2.04. The summed E-state index contributed by atoms with van der Waals surface area (Å²) in [5.74, 6) is 0.641. The lowest BCUT2D eigenvalue weighted by Gasteiger charge is -2.08. The number of aryl methyl sites for hydroxylation is 3. The van der Waals surface area contributed by atoms with Gasteiger partial charge in [-0.25, -0.2) is 4.98 Å². The Balaban J connectivity index is 2.14. The van der Waals surface area contributed by atoms with Crippen molar-refractivity contribution in [1.29, 1.82) is 0 Å². The molecule has 4 nitrogen and oxygen atoms in total. The average Bonchev–Trinajstić information content (AvgIpc) is 2.64. The third-order valence-electron chi connectivity index (χ3n) is 2.88. The predicted octanol–water partition coefficient (Wildman–Crippen LogP) is 1.49. The fraction of sp³-hybridized carbons (Fsp3) is 0.333. The van der Waals surface area contributed by atoms with Gasteiger partial charge in [-0.15, -0.1) is 0 Å². The molecular formula is C12H16N4. The number of pyridine rings is 1. The Morgan fingerprint density at radius 2 is 2.06 bits per heavy atom. The second-order valence-electron chi connectivity index (χ2n) is 3.94. The van der Waals surface area contributed by atoms with Crippen LogP contribution in [0.1, 0.15) is 16.8 Å². The highest BCUT2D eigenvalue weighted by molar-refractivity contribution is 5.44. The summed E-state index contributed by atoms with van der Waals surface area (Å²) in [7, 11) is 1.95. The molecule has 2 N–H and O–H groups in total. The standard InChI is InChI=1S/C12H16N4/c1-9-5-7-14-12(13)11(9)4-3-10-6-8-15-16(10)2/h5-8H,3-4H2,1-2H3,(H2,13,14). The number of hydrogen-bond donors (Lipinski definition) is 1. The van der Waals surface area contributed by atoms with Gasteiger partial charge in [0.25, 0.3) is 0 Å². The van der Waals surface area contributed by atoms with E-state index in [-0.39, 0.29) is 0 Å². The number of rotatable bonds is 3. The summed E-state index contributed by atoms with van der Waals surface area (Å²) in [5, 5.41) is 4.14. The van der Waals surface area contributed by atoms with E-state index in [9.17, 15) is 0 Å². The third kappa shape index (κ3) is 2.05. The molecule has 0 fully saturated rings. The third-order valence-corrected chi connectivity index (χ3v) is 2.88. The molecule has 0 aromatic carbocycles. The Bertz CT molecular complexity index is 467. The van der Waals surface area contributed by atoms with Crippen molar-refractivity contribution < 1.29 is 0 Å². The maximum atomic E-state index is 5.87. The topological polar surface area (TPSA) is 56.7 Å². The van der Waals surface area contributed by atoms with E-state index in [1.807, 2.05) is 30.1 Å². The number of hydrogen-bond acceptors (Lipinski definition) is 3. The molecule has 0 saturated heterocycles. The molecule has 0 aliphatic heterocycles. The van der Waals surface area contributed by atoms with Gasteiger partial charge in [-0.2, -0.15) is 5.10 Å². The minimum Gasteiger partial charge on any atom is -0.383 e. The van der Waals surface area contributed by atoms with Gasteiger partial charge in [0, 0.05) is 25.1 Å². The summed E-state index contributed by atoms with van der Waals surface area (Å²) >= 11 is 0. The lowest BCUT2D eigenvalue weighted by atomic mass is 10.0. The first-order chi connectivity index (χ1) is 7.68. The van der Waals surface area contributed by atoms with Crippen molar-refractivity contribution in [2.75, 3.05) is 5.73 Å². The Hall–Kier alpha value is -1.84. The summed E-state index contributed by atoms with van der Waals surface area (Å²) in [4.78, 5) is 4.12. The van der Waals surface area contributed by atoms with Crippen molar-refractivity contribution in [2.24, 2.45) is 7.05 Å². The van der Waals surface area contributed by atoms with Crippen LogP contribution in [0.25, 0.3) is 0 Å². The van der Waals surface area contributed by atoms with Crippen LogP contribution in [0, 0.1) is 6.92 Å². The van der Waals surface area contributed by atoms with Crippen molar-refractivity contribution >= 4 is 5.82 Å². The molecule has 0 saturated carbocycles. The van der Waals surface area contributed by atoms with Crippen molar-refractivity contribution in [1.82, 2.24) is 14.8 Å². The fourth-order valence-electron chi connectivity index (χ4n) is 1.83. The van der Waals surface area contributed by atoms with E-state index in [1.54, 1.807) is 6.20 Å². The van der Waals surface area contributed by atoms with Crippen LogP contribution in [0.5, 0.6) is 0 Å². The van der Waals surface area contributed by atoms with E-state index in [4.69, 9.17) is 5.73 Å². The van der Waals surface area contributed by atoms with Gasteiger partial charge in [0.05, 0.1) is 0 Å². The number of nitrogens with zero attached hydrogens (tertiary/aromatic N) is 3. The molecule has 0 radical (unpaired) electrons. The van der Waals surface area contributed by atoms with Crippen LogP contribution < -0.4 is 5.73 Å². The molecule has 2 aromatic heterocycles. The number of nitrogen functional groups attached to an aromatic ring is 1. The van der Waals surface area contributed by atoms with Gasteiger partial charge in [-0.1, -0.05) is 0 Å².